The quantitative estimate of drug-likeness (QED) is 0.836. The van der Waals surface area contributed by atoms with Crippen LogP contribution in [0.5, 0.6) is 0 Å². The van der Waals surface area contributed by atoms with Crippen molar-refractivity contribution in [3.05, 3.63) is 29.8 Å². The first-order valence-electron chi connectivity index (χ1n) is 5.91. The minimum absolute atomic E-state index is 0.288. The standard InChI is InChI=1S/C13H15NO3/c15-12(16)13(8-17-9-13)14-7-3-5-10-4-1-2-6-11(10)14/h1-2,4,6H,3,5,7-9H2,(H,15,16). The van der Waals surface area contributed by atoms with Crippen LogP contribution in [-0.2, 0) is 16.0 Å². The van der Waals surface area contributed by atoms with Crippen molar-refractivity contribution in [2.24, 2.45) is 0 Å². The summed E-state index contributed by atoms with van der Waals surface area (Å²) in [5.74, 6) is -0.777. The van der Waals surface area contributed by atoms with Crippen LogP contribution in [0.4, 0.5) is 5.69 Å². The lowest BCUT2D eigenvalue weighted by Crippen LogP contribution is -2.68. The zero-order chi connectivity index (χ0) is 11.9. The lowest BCUT2D eigenvalue weighted by Gasteiger charge is -2.49. The van der Waals surface area contributed by atoms with Gasteiger partial charge < -0.3 is 14.7 Å². The van der Waals surface area contributed by atoms with E-state index < -0.39 is 11.5 Å². The maximum atomic E-state index is 11.5. The number of nitrogens with zero attached hydrogens (tertiary/aromatic N) is 1. The van der Waals surface area contributed by atoms with E-state index in [0.717, 1.165) is 25.1 Å². The second-order valence-corrected chi connectivity index (χ2v) is 4.71. The molecule has 0 atom stereocenters. The fourth-order valence-corrected chi connectivity index (χ4v) is 2.67. The van der Waals surface area contributed by atoms with Gasteiger partial charge in [-0.3, -0.25) is 0 Å². The Morgan fingerprint density at radius 1 is 1.35 bits per heavy atom. The minimum atomic E-state index is -0.837. The number of carboxylic acid groups (broad SMARTS) is 1. The summed E-state index contributed by atoms with van der Waals surface area (Å²) >= 11 is 0. The Balaban J connectivity index is 2.02. The van der Waals surface area contributed by atoms with E-state index in [1.165, 1.54) is 5.56 Å². The van der Waals surface area contributed by atoms with Crippen LogP contribution in [0.3, 0.4) is 0 Å². The van der Waals surface area contributed by atoms with E-state index in [4.69, 9.17) is 4.74 Å². The predicted molar refractivity (Wildman–Crippen MR) is 63.3 cm³/mol. The third kappa shape index (κ3) is 1.44. The molecular formula is C13H15NO3. The average molecular weight is 233 g/mol. The molecule has 2 heterocycles. The summed E-state index contributed by atoms with van der Waals surface area (Å²) in [5.41, 5.74) is 1.46. The van der Waals surface area contributed by atoms with Crippen molar-refractivity contribution >= 4 is 11.7 Å². The number of carbonyl (C=O) groups is 1. The predicted octanol–water partition coefficient (Wildman–Crippen LogP) is 1.29. The summed E-state index contributed by atoms with van der Waals surface area (Å²) in [4.78, 5) is 13.5. The maximum absolute atomic E-state index is 11.5. The number of rotatable bonds is 2. The SMILES string of the molecule is O=C(O)C1(N2CCCc3ccccc32)COC1. The van der Waals surface area contributed by atoms with Gasteiger partial charge in [0.25, 0.3) is 0 Å². The molecule has 1 N–H and O–H groups in total. The van der Waals surface area contributed by atoms with Gasteiger partial charge in [-0.05, 0) is 24.5 Å². The Morgan fingerprint density at radius 2 is 2.12 bits per heavy atom. The van der Waals surface area contributed by atoms with Gasteiger partial charge in [0.15, 0.2) is 5.54 Å². The van der Waals surface area contributed by atoms with Crippen LogP contribution in [0, 0.1) is 0 Å². The molecule has 0 radical (unpaired) electrons. The summed E-state index contributed by atoms with van der Waals surface area (Å²) in [6.07, 6.45) is 2.04. The molecule has 0 amide bonds. The summed E-state index contributed by atoms with van der Waals surface area (Å²) in [6, 6.07) is 8.06. The average Bonchev–Trinajstić information content (AvgIpc) is 2.27. The molecule has 4 heteroatoms. The van der Waals surface area contributed by atoms with Crippen LogP contribution < -0.4 is 4.90 Å². The number of aliphatic carboxylic acids is 1. The van der Waals surface area contributed by atoms with Gasteiger partial charge in [0.2, 0.25) is 0 Å². The summed E-state index contributed by atoms with van der Waals surface area (Å²) in [5, 5.41) is 9.44. The van der Waals surface area contributed by atoms with Crippen molar-refractivity contribution < 1.29 is 14.6 Å². The fraction of sp³-hybridized carbons (Fsp3) is 0.462. The Kier molecular flexibility index (Phi) is 2.33. The molecule has 17 heavy (non-hydrogen) atoms. The highest BCUT2D eigenvalue weighted by molar-refractivity contribution is 5.86. The van der Waals surface area contributed by atoms with Gasteiger partial charge in [-0.1, -0.05) is 18.2 Å². The first kappa shape index (κ1) is 10.6. The number of benzene rings is 1. The molecule has 0 aromatic heterocycles. The highest BCUT2D eigenvalue weighted by Crippen LogP contribution is 2.36. The molecule has 1 aromatic rings. The number of hydrogen-bond donors (Lipinski definition) is 1. The van der Waals surface area contributed by atoms with Crippen molar-refractivity contribution in [2.75, 3.05) is 24.7 Å². The molecule has 4 nitrogen and oxygen atoms in total. The zero-order valence-corrected chi connectivity index (χ0v) is 9.56. The van der Waals surface area contributed by atoms with Crippen molar-refractivity contribution in [3.8, 4) is 0 Å². The first-order chi connectivity index (χ1) is 8.24. The number of carboxylic acids is 1. The van der Waals surface area contributed by atoms with E-state index in [2.05, 4.69) is 6.07 Å². The molecule has 1 saturated heterocycles. The number of ether oxygens (including phenoxy) is 1. The van der Waals surface area contributed by atoms with Crippen LogP contribution in [0.1, 0.15) is 12.0 Å². The number of hydrogen-bond acceptors (Lipinski definition) is 3. The molecular weight excluding hydrogens is 218 g/mol. The molecule has 0 bridgehead atoms. The second kappa shape index (κ2) is 3.74. The smallest absolute Gasteiger partial charge is 0.334 e. The summed E-state index contributed by atoms with van der Waals surface area (Å²) in [6.45, 7) is 1.38. The number of aryl methyl sites for hydroxylation is 1. The second-order valence-electron chi connectivity index (χ2n) is 4.71. The van der Waals surface area contributed by atoms with Crippen molar-refractivity contribution in [2.45, 2.75) is 18.4 Å². The van der Waals surface area contributed by atoms with Crippen molar-refractivity contribution in [1.82, 2.24) is 0 Å². The molecule has 3 rings (SSSR count). The monoisotopic (exact) mass is 233 g/mol. The van der Waals surface area contributed by atoms with E-state index >= 15 is 0 Å². The van der Waals surface area contributed by atoms with E-state index in [-0.39, 0.29) is 13.2 Å². The first-order valence-corrected chi connectivity index (χ1v) is 5.91. The third-order valence-corrected chi connectivity index (χ3v) is 3.71. The van der Waals surface area contributed by atoms with Crippen LogP contribution in [0.2, 0.25) is 0 Å². The molecule has 0 saturated carbocycles. The van der Waals surface area contributed by atoms with Gasteiger partial charge in [0.1, 0.15) is 0 Å². The van der Waals surface area contributed by atoms with E-state index in [1.54, 1.807) is 0 Å². The summed E-state index contributed by atoms with van der Waals surface area (Å²) in [7, 11) is 0. The van der Waals surface area contributed by atoms with Gasteiger partial charge >= 0.3 is 5.97 Å². The van der Waals surface area contributed by atoms with Gasteiger partial charge in [0.05, 0.1) is 13.2 Å². The van der Waals surface area contributed by atoms with Crippen LogP contribution in [0.15, 0.2) is 24.3 Å². The third-order valence-electron chi connectivity index (χ3n) is 3.71. The van der Waals surface area contributed by atoms with E-state index in [9.17, 15) is 9.90 Å². The van der Waals surface area contributed by atoms with Crippen LogP contribution >= 0.6 is 0 Å². The highest BCUT2D eigenvalue weighted by atomic mass is 16.5. The number of anilines is 1. The Morgan fingerprint density at radius 3 is 2.76 bits per heavy atom. The lowest BCUT2D eigenvalue weighted by atomic mass is 9.90. The number of fused-ring (bicyclic) bond motifs is 1. The maximum Gasteiger partial charge on any atom is 0.334 e. The van der Waals surface area contributed by atoms with E-state index in [0.29, 0.717) is 0 Å². The molecule has 0 unspecified atom stereocenters. The minimum Gasteiger partial charge on any atom is -0.479 e. The molecule has 90 valence electrons. The van der Waals surface area contributed by atoms with Gasteiger partial charge in [-0.15, -0.1) is 0 Å². The van der Waals surface area contributed by atoms with Crippen LogP contribution in [-0.4, -0.2) is 36.4 Å². The highest BCUT2D eigenvalue weighted by Gasteiger charge is 2.52. The van der Waals surface area contributed by atoms with Crippen molar-refractivity contribution in [3.63, 3.8) is 0 Å². The molecule has 1 aromatic carbocycles. The molecule has 0 aliphatic carbocycles. The van der Waals surface area contributed by atoms with Gasteiger partial charge in [-0.2, -0.15) is 0 Å². The zero-order valence-electron chi connectivity index (χ0n) is 9.56. The largest absolute Gasteiger partial charge is 0.479 e. The van der Waals surface area contributed by atoms with Gasteiger partial charge in [0, 0.05) is 12.2 Å². The van der Waals surface area contributed by atoms with Crippen molar-refractivity contribution in [1.29, 1.82) is 0 Å². The Hall–Kier alpha value is -1.55. The van der Waals surface area contributed by atoms with Crippen LogP contribution in [0.25, 0.3) is 0 Å². The molecule has 0 spiro atoms. The molecule has 1 fully saturated rings. The number of para-hydroxylation sites is 1. The Bertz CT molecular complexity index is 454. The topological polar surface area (TPSA) is 49.8 Å². The summed E-state index contributed by atoms with van der Waals surface area (Å²) < 4.78 is 5.15. The van der Waals surface area contributed by atoms with E-state index in [1.807, 2.05) is 23.1 Å². The fourth-order valence-electron chi connectivity index (χ4n) is 2.67. The van der Waals surface area contributed by atoms with Gasteiger partial charge in [-0.25, -0.2) is 4.79 Å². The Labute approximate surface area is 99.8 Å². The normalized spacial score (nSPS) is 21.5. The molecule has 2 aliphatic rings. The lowest BCUT2D eigenvalue weighted by molar-refractivity contribution is -0.161. The molecule has 2 aliphatic heterocycles.